The summed E-state index contributed by atoms with van der Waals surface area (Å²) in [6.07, 6.45) is 5.96. The van der Waals surface area contributed by atoms with Crippen LogP contribution in [0.4, 0.5) is 0 Å². The lowest BCUT2D eigenvalue weighted by Crippen LogP contribution is -2.42. The highest BCUT2D eigenvalue weighted by Gasteiger charge is 2.28. The van der Waals surface area contributed by atoms with Crippen LogP contribution >= 0.6 is 11.6 Å². The fraction of sp³-hybridized carbons (Fsp3) is 0.562. The molecule has 0 heterocycles. The molecule has 3 nitrogen and oxygen atoms in total. The average Bonchev–Trinajstić information content (AvgIpc) is 2.61. The molecule has 0 unspecified atom stereocenters. The van der Waals surface area contributed by atoms with Gasteiger partial charge in [-0.25, -0.2) is 0 Å². The molecule has 1 aromatic rings. The molecular formula is C16H22ClNO2. The highest BCUT2D eigenvalue weighted by molar-refractivity contribution is 6.30. The third-order valence-corrected chi connectivity index (χ3v) is 4.28. The molecule has 1 aliphatic carbocycles. The molecule has 0 spiro atoms. The van der Waals surface area contributed by atoms with Gasteiger partial charge in [-0.05, 0) is 43.5 Å². The van der Waals surface area contributed by atoms with Gasteiger partial charge in [-0.2, -0.15) is 0 Å². The molecule has 110 valence electrons. The summed E-state index contributed by atoms with van der Waals surface area (Å²) in [5.41, 5.74) is 0.724. The number of nitrogens with one attached hydrogen (secondary N) is 1. The molecule has 0 radical (unpaired) electrons. The van der Waals surface area contributed by atoms with Crippen molar-refractivity contribution in [1.82, 2.24) is 5.32 Å². The zero-order valence-electron chi connectivity index (χ0n) is 11.9. The van der Waals surface area contributed by atoms with Crippen molar-refractivity contribution in [3.8, 4) is 0 Å². The van der Waals surface area contributed by atoms with E-state index in [1.165, 1.54) is 12.8 Å². The van der Waals surface area contributed by atoms with Crippen LogP contribution in [0, 0.1) is 6.92 Å². The largest absolute Gasteiger partial charge is 0.388 e. The molecule has 1 fully saturated rings. The number of halogens is 1. The van der Waals surface area contributed by atoms with Gasteiger partial charge in [0.2, 0.25) is 0 Å². The zero-order valence-corrected chi connectivity index (χ0v) is 12.7. The SMILES string of the molecule is Cc1cc(Cl)ccc1C(=O)NCC1(O)CCCCCC1. The van der Waals surface area contributed by atoms with Gasteiger partial charge in [0.1, 0.15) is 0 Å². The Hall–Kier alpha value is -1.06. The zero-order chi connectivity index (χ0) is 14.6. The van der Waals surface area contributed by atoms with Crippen molar-refractivity contribution in [2.24, 2.45) is 0 Å². The maximum Gasteiger partial charge on any atom is 0.251 e. The van der Waals surface area contributed by atoms with E-state index in [0.29, 0.717) is 17.1 Å². The van der Waals surface area contributed by atoms with Gasteiger partial charge in [-0.15, -0.1) is 0 Å². The normalized spacial score (nSPS) is 18.4. The third kappa shape index (κ3) is 3.97. The summed E-state index contributed by atoms with van der Waals surface area (Å²) in [6, 6.07) is 5.21. The van der Waals surface area contributed by atoms with E-state index in [-0.39, 0.29) is 5.91 Å². The van der Waals surface area contributed by atoms with Gasteiger partial charge < -0.3 is 10.4 Å². The lowest BCUT2D eigenvalue weighted by molar-refractivity contribution is 0.0246. The Labute approximate surface area is 125 Å². The molecule has 0 saturated heterocycles. The van der Waals surface area contributed by atoms with Gasteiger partial charge in [0.25, 0.3) is 5.91 Å². The Kier molecular flexibility index (Phi) is 5.06. The van der Waals surface area contributed by atoms with E-state index in [2.05, 4.69) is 5.32 Å². The quantitative estimate of drug-likeness (QED) is 0.839. The summed E-state index contributed by atoms with van der Waals surface area (Å²) < 4.78 is 0. The molecule has 1 saturated carbocycles. The molecule has 0 bridgehead atoms. The minimum Gasteiger partial charge on any atom is -0.388 e. The first kappa shape index (κ1) is 15.3. The smallest absolute Gasteiger partial charge is 0.251 e. The number of hydrogen-bond donors (Lipinski definition) is 2. The number of hydrogen-bond acceptors (Lipinski definition) is 2. The van der Waals surface area contributed by atoms with Crippen molar-refractivity contribution in [1.29, 1.82) is 0 Å². The van der Waals surface area contributed by atoms with Crippen molar-refractivity contribution in [3.63, 3.8) is 0 Å². The summed E-state index contributed by atoms with van der Waals surface area (Å²) >= 11 is 5.89. The maximum atomic E-state index is 12.2. The standard InChI is InChI=1S/C16H22ClNO2/c1-12-10-13(17)6-7-14(12)15(19)18-11-16(20)8-4-2-3-5-9-16/h6-7,10,20H,2-5,8-9,11H2,1H3,(H,18,19). The lowest BCUT2D eigenvalue weighted by atomic mass is 9.94. The van der Waals surface area contributed by atoms with E-state index in [4.69, 9.17) is 11.6 Å². The van der Waals surface area contributed by atoms with Crippen molar-refractivity contribution >= 4 is 17.5 Å². The number of carbonyl (C=O) groups is 1. The summed E-state index contributed by atoms with van der Waals surface area (Å²) in [6.45, 7) is 2.19. The highest BCUT2D eigenvalue weighted by atomic mass is 35.5. The van der Waals surface area contributed by atoms with E-state index in [0.717, 1.165) is 31.2 Å². The monoisotopic (exact) mass is 295 g/mol. The van der Waals surface area contributed by atoms with Gasteiger partial charge in [0.15, 0.2) is 0 Å². The van der Waals surface area contributed by atoms with Crippen LogP contribution in [0.15, 0.2) is 18.2 Å². The number of carbonyl (C=O) groups excluding carboxylic acids is 1. The summed E-state index contributed by atoms with van der Waals surface area (Å²) in [4.78, 5) is 12.2. The van der Waals surface area contributed by atoms with E-state index >= 15 is 0 Å². The number of benzene rings is 1. The molecule has 2 N–H and O–H groups in total. The molecule has 1 aliphatic rings. The Morgan fingerprint density at radius 2 is 1.95 bits per heavy atom. The number of aliphatic hydroxyl groups is 1. The lowest BCUT2D eigenvalue weighted by Gasteiger charge is -2.27. The molecule has 0 aromatic heterocycles. The minimum absolute atomic E-state index is 0.142. The predicted octanol–water partition coefficient (Wildman–Crippen LogP) is 3.46. The third-order valence-electron chi connectivity index (χ3n) is 4.05. The molecule has 0 atom stereocenters. The second kappa shape index (κ2) is 6.59. The second-order valence-corrected chi connectivity index (χ2v) is 6.22. The predicted molar refractivity (Wildman–Crippen MR) is 81.2 cm³/mol. The van der Waals surface area contributed by atoms with Gasteiger partial charge in [-0.1, -0.05) is 37.3 Å². The molecule has 20 heavy (non-hydrogen) atoms. The first-order valence-electron chi connectivity index (χ1n) is 7.27. The van der Waals surface area contributed by atoms with Crippen LogP contribution in [-0.4, -0.2) is 23.2 Å². The summed E-state index contributed by atoms with van der Waals surface area (Å²) in [7, 11) is 0. The first-order chi connectivity index (χ1) is 9.50. The van der Waals surface area contributed by atoms with E-state index in [1.807, 2.05) is 6.92 Å². The van der Waals surface area contributed by atoms with E-state index in [1.54, 1.807) is 18.2 Å². The summed E-state index contributed by atoms with van der Waals surface area (Å²) in [5, 5.41) is 14.0. The molecular weight excluding hydrogens is 274 g/mol. The van der Waals surface area contributed by atoms with Crippen LogP contribution < -0.4 is 5.32 Å². The number of amides is 1. The summed E-state index contributed by atoms with van der Waals surface area (Å²) in [5.74, 6) is -0.142. The van der Waals surface area contributed by atoms with Crippen LogP contribution in [-0.2, 0) is 0 Å². The van der Waals surface area contributed by atoms with Crippen molar-refractivity contribution in [3.05, 3.63) is 34.3 Å². The van der Waals surface area contributed by atoms with E-state index in [9.17, 15) is 9.90 Å². The molecule has 1 aromatic carbocycles. The van der Waals surface area contributed by atoms with Crippen molar-refractivity contribution < 1.29 is 9.90 Å². The maximum absolute atomic E-state index is 12.2. The molecule has 1 amide bonds. The van der Waals surface area contributed by atoms with Gasteiger partial charge in [-0.3, -0.25) is 4.79 Å². The minimum atomic E-state index is -0.744. The van der Waals surface area contributed by atoms with Gasteiger partial charge >= 0.3 is 0 Å². The fourth-order valence-corrected chi connectivity index (χ4v) is 3.01. The topological polar surface area (TPSA) is 49.3 Å². The Morgan fingerprint density at radius 1 is 1.30 bits per heavy atom. The van der Waals surface area contributed by atoms with Gasteiger partial charge in [0, 0.05) is 17.1 Å². The number of rotatable bonds is 3. The average molecular weight is 296 g/mol. The van der Waals surface area contributed by atoms with Crippen LogP contribution in [0.25, 0.3) is 0 Å². The fourth-order valence-electron chi connectivity index (χ4n) is 2.79. The first-order valence-corrected chi connectivity index (χ1v) is 7.65. The van der Waals surface area contributed by atoms with E-state index < -0.39 is 5.60 Å². The van der Waals surface area contributed by atoms with Crippen LogP contribution in [0.3, 0.4) is 0 Å². The van der Waals surface area contributed by atoms with Crippen molar-refractivity contribution in [2.45, 2.75) is 51.0 Å². The Bertz CT molecular complexity index is 479. The molecule has 4 heteroatoms. The Balaban J connectivity index is 1.97. The van der Waals surface area contributed by atoms with Crippen molar-refractivity contribution in [2.75, 3.05) is 6.54 Å². The van der Waals surface area contributed by atoms with Gasteiger partial charge in [0.05, 0.1) is 5.60 Å². The van der Waals surface area contributed by atoms with Crippen LogP contribution in [0.5, 0.6) is 0 Å². The highest BCUT2D eigenvalue weighted by Crippen LogP contribution is 2.26. The van der Waals surface area contributed by atoms with Crippen LogP contribution in [0.1, 0.15) is 54.4 Å². The second-order valence-electron chi connectivity index (χ2n) is 5.78. The molecule has 2 rings (SSSR count). The van der Waals surface area contributed by atoms with Crippen LogP contribution in [0.2, 0.25) is 5.02 Å². The number of aryl methyl sites for hydroxylation is 1. The molecule has 0 aliphatic heterocycles. The Morgan fingerprint density at radius 3 is 2.55 bits per heavy atom.